The van der Waals surface area contributed by atoms with Crippen molar-refractivity contribution in [3.05, 3.63) is 70.8 Å². The molecule has 2 rings (SSSR count). The van der Waals surface area contributed by atoms with Gasteiger partial charge in [-0.25, -0.2) is 4.79 Å². The number of hydrogen-bond acceptors (Lipinski definition) is 6. The van der Waals surface area contributed by atoms with Crippen LogP contribution in [0.5, 0.6) is 0 Å². The van der Waals surface area contributed by atoms with E-state index in [1.54, 1.807) is 30.5 Å². The Morgan fingerprint density at radius 1 is 1.10 bits per heavy atom. The van der Waals surface area contributed by atoms with Gasteiger partial charge in [0.05, 0.1) is 12.7 Å². The van der Waals surface area contributed by atoms with E-state index in [4.69, 9.17) is 14.3 Å². The van der Waals surface area contributed by atoms with E-state index in [1.165, 1.54) is 38.1 Å². The first-order valence-corrected chi connectivity index (χ1v) is 9.64. The van der Waals surface area contributed by atoms with E-state index in [0.29, 0.717) is 21.7 Å². The molecule has 0 spiro atoms. The van der Waals surface area contributed by atoms with Crippen molar-refractivity contribution in [3.63, 3.8) is 0 Å². The zero-order valence-corrected chi connectivity index (χ0v) is 16.8. The summed E-state index contributed by atoms with van der Waals surface area (Å²) in [7, 11) is 2.67. The molecule has 156 valence electrons. The number of oxime groups is 1. The highest BCUT2D eigenvalue weighted by Crippen LogP contribution is 2.29. The van der Waals surface area contributed by atoms with Crippen LogP contribution >= 0.6 is 11.8 Å². The van der Waals surface area contributed by atoms with Gasteiger partial charge in [0.25, 0.3) is 0 Å². The molecule has 29 heavy (non-hydrogen) atoms. The molecule has 0 aliphatic carbocycles. The lowest BCUT2D eigenvalue weighted by molar-refractivity contribution is -0.152. The maximum atomic E-state index is 12.7. The number of rotatable bonds is 7. The van der Waals surface area contributed by atoms with Gasteiger partial charge in [-0.05, 0) is 29.5 Å². The standard InChI is InChI=1S/C20H20F3NO4S/c1-26-17(19(25)27-2)16-7-5-4-6-14(16)12-28-24-18(29-3)13-8-10-15(11-9-13)20(21,22)23/h4-11,17H,12H2,1-3H3/b24-18-. The van der Waals surface area contributed by atoms with E-state index >= 15 is 0 Å². The number of ether oxygens (including phenoxy) is 2. The van der Waals surface area contributed by atoms with E-state index in [9.17, 15) is 18.0 Å². The average molecular weight is 427 g/mol. The second-order valence-corrected chi connectivity index (χ2v) is 6.58. The maximum absolute atomic E-state index is 12.7. The molecule has 2 aromatic rings. The molecular weight excluding hydrogens is 407 g/mol. The third kappa shape index (κ3) is 5.98. The molecule has 0 amide bonds. The Hall–Kier alpha value is -2.52. The summed E-state index contributed by atoms with van der Waals surface area (Å²) < 4.78 is 48.1. The Kier molecular flexibility index (Phi) is 8.10. The van der Waals surface area contributed by atoms with Crippen molar-refractivity contribution in [2.75, 3.05) is 20.5 Å². The Balaban J connectivity index is 2.17. The summed E-state index contributed by atoms with van der Waals surface area (Å²) in [5.41, 5.74) is 1.02. The van der Waals surface area contributed by atoms with Gasteiger partial charge in [0, 0.05) is 12.7 Å². The Labute approximate surface area is 170 Å². The highest BCUT2D eigenvalue weighted by Gasteiger charge is 2.30. The van der Waals surface area contributed by atoms with E-state index in [2.05, 4.69) is 5.16 Å². The zero-order chi connectivity index (χ0) is 21.4. The highest BCUT2D eigenvalue weighted by molar-refractivity contribution is 8.13. The first kappa shape index (κ1) is 22.8. The van der Waals surface area contributed by atoms with Crippen LogP contribution in [0.25, 0.3) is 0 Å². The second-order valence-electron chi connectivity index (χ2n) is 5.79. The number of alkyl halides is 3. The number of methoxy groups -OCH3 is 2. The van der Waals surface area contributed by atoms with Crippen LogP contribution in [0.1, 0.15) is 28.4 Å². The first-order chi connectivity index (χ1) is 13.8. The number of carbonyl (C=O) groups is 1. The number of benzene rings is 2. The topological polar surface area (TPSA) is 57.1 Å². The van der Waals surface area contributed by atoms with Crippen molar-refractivity contribution in [1.82, 2.24) is 0 Å². The van der Waals surface area contributed by atoms with Gasteiger partial charge in [0.1, 0.15) is 11.7 Å². The molecule has 0 saturated carbocycles. The molecule has 0 aliphatic heterocycles. The average Bonchev–Trinajstić information content (AvgIpc) is 2.72. The quantitative estimate of drug-likeness (QED) is 0.275. The van der Waals surface area contributed by atoms with Gasteiger partial charge in [-0.15, -0.1) is 11.8 Å². The van der Waals surface area contributed by atoms with Gasteiger partial charge in [-0.2, -0.15) is 13.2 Å². The number of halogens is 3. The van der Waals surface area contributed by atoms with Gasteiger partial charge in [-0.1, -0.05) is 41.6 Å². The van der Waals surface area contributed by atoms with E-state index in [1.807, 2.05) is 0 Å². The predicted octanol–water partition coefficient (Wildman–Crippen LogP) is 4.81. The third-order valence-corrected chi connectivity index (χ3v) is 4.71. The van der Waals surface area contributed by atoms with Crippen LogP contribution in [0.3, 0.4) is 0 Å². The van der Waals surface area contributed by atoms with Crippen molar-refractivity contribution in [2.24, 2.45) is 5.16 Å². The number of thioether (sulfide) groups is 1. The molecule has 0 saturated heterocycles. The van der Waals surface area contributed by atoms with Crippen molar-refractivity contribution < 1.29 is 32.3 Å². The van der Waals surface area contributed by atoms with E-state index in [-0.39, 0.29) is 6.61 Å². The number of nitrogens with zero attached hydrogens (tertiary/aromatic N) is 1. The van der Waals surface area contributed by atoms with Crippen molar-refractivity contribution in [3.8, 4) is 0 Å². The van der Waals surface area contributed by atoms with Gasteiger partial charge in [0.2, 0.25) is 0 Å². The Morgan fingerprint density at radius 2 is 1.76 bits per heavy atom. The minimum atomic E-state index is -4.40. The molecule has 0 heterocycles. The molecule has 5 nitrogen and oxygen atoms in total. The number of hydrogen-bond donors (Lipinski definition) is 0. The molecule has 0 fully saturated rings. The van der Waals surface area contributed by atoms with Crippen molar-refractivity contribution in [1.29, 1.82) is 0 Å². The van der Waals surface area contributed by atoms with Gasteiger partial charge >= 0.3 is 12.1 Å². The SMILES string of the molecule is COC(=O)C(OC)c1ccccc1CO/N=C(\SC)c1ccc(C(F)(F)F)cc1. The maximum Gasteiger partial charge on any atom is 0.416 e. The Morgan fingerprint density at radius 3 is 2.31 bits per heavy atom. The van der Waals surface area contributed by atoms with Crippen LogP contribution in [0.4, 0.5) is 13.2 Å². The minimum absolute atomic E-state index is 0.0394. The summed E-state index contributed by atoms with van der Waals surface area (Å²) in [5, 5.41) is 4.46. The molecule has 2 aromatic carbocycles. The summed E-state index contributed by atoms with van der Waals surface area (Å²) in [6.07, 6.45) is -3.56. The molecule has 1 atom stereocenters. The summed E-state index contributed by atoms with van der Waals surface area (Å²) in [6, 6.07) is 11.7. The van der Waals surface area contributed by atoms with E-state index < -0.39 is 23.8 Å². The lowest BCUT2D eigenvalue weighted by atomic mass is 10.0. The zero-order valence-electron chi connectivity index (χ0n) is 16.0. The first-order valence-electron chi connectivity index (χ1n) is 8.41. The third-order valence-electron chi connectivity index (χ3n) is 4.01. The molecule has 0 aromatic heterocycles. The van der Waals surface area contributed by atoms with Gasteiger partial charge in [0.15, 0.2) is 6.10 Å². The molecule has 0 radical (unpaired) electrons. The van der Waals surface area contributed by atoms with Crippen LogP contribution in [0.15, 0.2) is 53.7 Å². The molecule has 0 N–H and O–H groups in total. The molecule has 0 bridgehead atoms. The highest BCUT2D eigenvalue weighted by atomic mass is 32.2. The summed E-state index contributed by atoms with van der Waals surface area (Å²) >= 11 is 1.24. The summed E-state index contributed by atoms with van der Waals surface area (Å²) in [4.78, 5) is 17.3. The van der Waals surface area contributed by atoms with Crippen LogP contribution in [0, 0.1) is 0 Å². The molecular formula is C20H20F3NO4S. The summed E-state index contributed by atoms with van der Waals surface area (Å²) in [6.45, 7) is 0.0394. The predicted molar refractivity (Wildman–Crippen MR) is 104 cm³/mol. The molecule has 9 heteroatoms. The summed E-state index contributed by atoms with van der Waals surface area (Å²) in [5.74, 6) is -0.544. The number of esters is 1. The second kappa shape index (κ2) is 10.3. The minimum Gasteiger partial charge on any atom is -0.467 e. The van der Waals surface area contributed by atoms with Crippen molar-refractivity contribution >= 4 is 22.8 Å². The van der Waals surface area contributed by atoms with Crippen LogP contribution in [0.2, 0.25) is 0 Å². The molecule has 1 unspecified atom stereocenters. The fourth-order valence-electron chi connectivity index (χ4n) is 2.55. The lowest BCUT2D eigenvalue weighted by Gasteiger charge is -2.16. The van der Waals surface area contributed by atoms with Crippen LogP contribution in [-0.2, 0) is 31.9 Å². The van der Waals surface area contributed by atoms with Gasteiger partial charge < -0.3 is 14.3 Å². The normalized spacial score (nSPS) is 13.1. The lowest BCUT2D eigenvalue weighted by Crippen LogP contribution is -2.17. The number of carbonyl (C=O) groups excluding carboxylic acids is 1. The van der Waals surface area contributed by atoms with Crippen LogP contribution < -0.4 is 0 Å². The molecule has 0 aliphatic rings. The van der Waals surface area contributed by atoms with Crippen molar-refractivity contribution in [2.45, 2.75) is 18.9 Å². The smallest absolute Gasteiger partial charge is 0.416 e. The van der Waals surface area contributed by atoms with Gasteiger partial charge in [-0.3, -0.25) is 0 Å². The fraction of sp³-hybridized carbons (Fsp3) is 0.300. The largest absolute Gasteiger partial charge is 0.467 e. The van der Waals surface area contributed by atoms with Crippen LogP contribution in [-0.4, -0.2) is 31.5 Å². The fourth-order valence-corrected chi connectivity index (χ4v) is 3.05. The van der Waals surface area contributed by atoms with E-state index in [0.717, 1.165) is 12.1 Å². The monoisotopic (exact) mass is 427 g/mol. The Bertz CT molecular complexity index is 854.